The summed E-state index contributed by atoms with van der Waals surface area (Å²) in [5, 5.41) is 0.946. The Morgan fingerprint density at radius 2 is 1.92 bits per heavy atom. The van der Waals surface area contributed by atoms with Crippen LogP contribution in [0.4, 0.5) is 0 Å². The molecule has 37 heavy (non-hydrogen) atoms. The van der Waals surface area contributed by atoms with Gasteiger partial charge < -0.3 is 19.1 Å². The average molecular weight is 524 g/mol. The molecule has 3 heterocycles. The Bertz CT molecular complexity index is 1360. The van der Waals surface area contributed by atoms with E-state index in [1.807, 2.05) is 30.3 Å². The summed E-state index contributed by atoms with van der Waals surface area (Å²) in [7, 11) is 0. The van der Waals surface area contributed by atoms with E-state index in [2.05, 4.69) is 0 Å². The Kier molecular flexibility index (Phi) is 7.64. The Labute approximate surface area is 218 Å². The van der Waals surface area contributed by atoms with E-state index >= 15 is 0 Å². The zero-order valence-electron chi connectivity index (χ0n) is 20.6. The molecule has 0 bridgehead atoms. The van der Waals surface area contributed by atoms with E-state index in [1.165, 1.54) is 11.8 Å². The summed E-state index contributed by atoms with van der Waals surface area (Å²) in [6.07, 6.45) is 1.08. The van der Waals surface area contributed by atoms with Gasteiger partial charge in [0, 0.05) is 13.1 Å². The van der Waals surface area contributed by atoms with Crippen molar-refractivity contribution < 1.29 is 23.8 Å². The smallest absolute Gasteiger partial charge is 0.310 e. The number of esters is 1. The number of para-hydroxylation sites is 3. The predicted octanol–water partition coefficient (Wildman–Crippen LogP) is 3.13. The number of rotatable bonds is 7. The molecular weight excluding hydrogens is 494 g/mol. The predicted molar refractivity (Wildman–Crippen MR) is 139 cm³/mol. The third-order valence-corrected chi connectivity index (χ3v) is 7.46. The number of thioether (sulfide) groups is 1. The van der Waals surface area contributed by atoms with Gasteiger partial charge in [-0.25, -0.2) is 4.98 Å². The summed E-state index contributed by atoms with van der Waals surface area (Å²) in [5.41, 5.74) is 0.383. The standard InChI is InChI=1S/C27H29N3O6S/c1-2-34-26(33)18-8-7-13-29(14-18)24(31)17-37-27-28-21-10-4-3-9-20(21)25(32)30(27)15-19-16-35-22-11-5-6-12-23(22)36-19/h3-6,9-12,18-19H,2,7-8,13-17H2,1H3/t18-,19+/m1/s1. The molecule has 194 valence electrons. The van der Waals surface area contributed by atoms with E-state index in [1.54, 1.807) is 34.6 Å². The van der Waals surface area contributed by atoms with Crippen molar-refractivity contribution in [1.29, 1.82) is 0 Å². The molecule has 9 nitrogen and oxygen atoms in total. The fraction of sp³-hybridized carbons (Fsp3) is 0.407. The number of ether oxygens (including phenoxy) is 3. The Morgan fingerprint density at radius 3 is 2.76 bits per heavy atom. The Balaban J connectivity index is 1.34. The summed E-state index contributed by atoms with van der Waals surface area (Å²) >= 11 is 1.22. The number of nitrogens with zero attached hydrogens (tertiary/aromatic N) is 3. The lowest BCUT2D eigenvalue weighted by molar-refractivity contribution is -0.151. The van der Waals surface area contributed by atoms with Crippen LogP contribution in [0.1, 0.15) is 19.8 Å². The maximum Gasteiger partial charge on any atom is 0.310 e. The first-order chi connectivity index (χ1) is 18.0. The second kappa shape index (κ2) is 11.2. The van der Waals surface area contributed by atoms with Crippen LogP contribution in [0.3, 0.4) is 0 Å². The van der Waals surface area contributed by atoms with Crippen molar-refractivity contribution in [1.82, 2.24) is 14.5 Å². The van der Waals surface area contributed by atoms with Crippen LogP contribution in [-0.4, -0.2) is 64.5 Å². The van der Waals surface area contributed by atoms with Crippen LogP contribution in [0.25, 0.3) is 10.9 Å². The van der Waals surface area contributed by atoms with Crippen LogP contribution in [0.15, 0.2) is 58.5 Å². The molecule has 1 aromatic heterocycles. The highest BCUT2D eigenvalue weighted by Gasteiger charge is 2.30. The topological polar surface area (TPSA) is 100.0 Å². The minimum absolute atomic E-state index is 0.0980. The molecule has 2 atom stereocenters. The molecule has 0 unspecified atom stereocenters. The van der Waals surface area contributed by atoms with Crippen molar-refractivity contribution in [3.05, 3.63) is 58.9 Å². The van der Waals surface area contributed by atoms with Crippen LogP contribution < -0.4 is 15.0 Å². The van der Waals surface area contributed by atoms with Crippen molar-refractivity contribution in [2.75, 3.05) is 32.1 Å². The van der Waals surface area contributed by atoms with Gasteiger partial charge >= 0.3 is 5.97 Å². The molecule has 1 amide bonds. The molecule has 0 spiro atoms. The lowest BCUT2D eigenvalue weighted by atomic mass is 9.98. The minimum atomic E-state index is -0.391. The summed E-state index contributed by atoms with van der Waals surface area (Å²) in [4.78, 5) is 45.1. The molecule has 10 heteroatoms. The Hall–Kier alpha value is -3.53. The zero-order valence-corrected chi connectivity index (χ0v) is 21.4. The molecule has 2 aliphatic heterocycles. The SMILES string of the molecule is CCOC(=O)[C@@H]1CCCN(C(=O)CSc2nc3ccccc3c(=O)n2C[C@H]2COc3ccccc3O2)C1. The first-order valence-corrected chi connectivity index (χ1v) is 13.5. The van der Waals surface area contributed by atoms with Crippen LogP contribution in [0, 0.1) is 5.92 Å². The number of piperidine rings is 1. The number of hydrogen-bond acceptors (Lipinski definition) is 8. The van der Waals surface area contributed by atoms with Crippen molar-refractivity contribution in [2.45, 2.75) is 37.6 Å². The van der Waals surface area contributed by atoms with Gasteiger partial charge in [-0.15, -0.1) is 0 Å². The van der Waals surface area contributed by atoms with Crippen LogP contribution in [-0.2, 0) is 20.9 Å². The summed E-state index contributed by atoms with van der Waals surface area (Å²) < 4.78 is 18.6. The quantitative estimate of drug-likeness (QED) is 0.265. The number of carbonyl (C=O) groups is 2. The normalized spacial score (nSPS) is 19.0. The fourth-order valence-electron chi connectivity index (χ4n) is 4.65. The lowest BCUT2D eigenvalue weighted by Gasteiger charge is -2.31. The van der Waals surface area contributed by atoms with E-state index in [0.29, 0.717) is 60.3 Å². The first kappa shape index (κ1) is 25.1. The summed E-state index contributed by atoms with van der Waals surface area (Å²) in [6, 6.07) is 14.6. The van der Waals surface area contributed by atoms with Crippen molar-refractivity contribution in [2.24, 2.45) is 5.92 Å². The van der Waals surface area contributed by atoms with Gasteiger partial charge in [-0.1, -0.05) is 36.0 Å². The third kappa shape index (κ3) is 5.58. The van der Waals surface area contributed by atoms with Gasteiger partial charge in [0.1, 0.15) is 6.61 Å². The van der Waals surface area contributed by atoms with E-state index in [9.17, 15) is 14.4 Å². The lowest BCUT2D eigenvalue weighted by Crippen LogP contribution is -2.43. The average Bonchev–Trinajstić information content (AvgIpc) is 2.93. The number of amides is 1. The molecule has 1 fully saturated rings. The monoisotopic (exact) mass is 523 g/mol. The van der Waals surface area contributed by atoms with Gasteiger partial charge in [0.15, 0.2) is 22.8 Å². The molecule has 2 aromatic carbocycles. The molecule has 5 rings (SSSR count). The van der Waals surface area contributed by atoms with Crippen LogP contribution >= 0.6 is 11.8 Å². The maximum atomic E-state index is 13.5. The van der Waals surface area contributed by atoms with Gasteiger partial charge in [-0.2, -0.15) is 0 Å². The Morgan fingerprint density at radius 1 is 1.14 bits per heavy atom. The summed E-state index contributed by atoms with van der Waals surface area (Å²) in [6.45, 7) is 3.58. The number of fused-ring (bicyclic) bond motifs is 2. The largest absolute Gasteiger partial charge is 0.486 e. The van der Waals surface area contributed by atoms with Gasteiger partial charge in [0.2, 0.25) is 5.91 Å². The van der Waals surface area contributed by atoms with Crippen molar-refractivity contribution in [3.8, 4) is 11.5 Å². The van der Waals surface area contributed by atoms with Gasteiger partial charge in [-0.05, 0) is 44.0 Å². The third-order valence-electron chi connectivity index (χ3n) is 6.50. The first-order valence-electron chi connectivity index (χ1n) is 12.5. The number of hydrogen-bond donors (Lipinski definition) is 0. The molecule has 2 aliphatic rings. The number of carbonyl (C=O) groups excluding carboxylic acids is 2. The van der Waals surface area contributed by atoms with E-state index in [0.717, 1.165) is 6.42 Å². The van der Waals surface area contributed by atoms with E-state index in [4.69, 9.17) is 19.2 Å². The molecule has 0 aliphatic carbocycles. The minimum Gasteiger partial charge on any atom is -0.486 e. The van der Waals surface area contributed by atoms with Crippen LogP contribution in [0.2, 0.25) is 0 Å². The molecule has 0 N–H and O–H groups in total. The molecular formula is C27H29N3O6S. The summed E-state index contributed by atoms with van der Waals surface area (Å²) in [5.74, 6) is 0.751. The highest BCUT2D eigenvalue weighted by atomic mass is 32.2. The van der Waals surface area contributed by atoms with Crippen molar-refractivity contribution in [3.63, 3.8) is 0 Å². The van der Waals surface area contributed by atoms with Crippen LogP contribution in [0.5, 0.6) is 11.5 Å². The number of likely N-dealkylation sites (tertiary alicyclic amines) is 1. The van der Waals surface area contributed by atoms with E-state index < -0.39 is 6.10 Å². The second-order valence-electron chi connectivity index (χ2n) is 9.04. The number of aromatic nitrogens is 2. The van der Waals surface area contributed by atoms with Gasteiger partial charge in [0.05, 0.1) is 35.7 Å². The molecule has 0 radical (unpaired) electrons. The second-order valence-corrected chi connectivity index (χ2v) is 9.99. The molecule has 0 saturated carbocycles. The zero-order chi connectivity index (χ0) is 25.8. The molecule has 1 saturated heterocycles. The fourth-order valence-corrected chi connectivity index (χ4v) is 5.56. The highest BCUT2D eigenvalue weighted by Crippen LogP contribution is 2.31. The highest BCUT2D eigenvalue weighted by molar-refractivity contribution is 7.99. The van der Waals surface area contributed by atoms with Gasteiger partial charge in [0.25, 0.3) is 5.56 Å². The number of benzene rings is 2. The maximum absolute atomic E-state index is 13.5. The van der Waals surface area contributed by atoms with Gasteiger partial charge in [-0.3, -0.25) is 19.0 Å². The van der Waals surface area contributed by atoms with Crippen molar-refractivity contribution >= 4 is 34.5 Å². The molecule has 3 aromatic rings. The van der Waals surface area contributed by atoms with E-state index in [-0.39, 0.29) is 35.7 Å².